The van der Waals surface area contributed by atoms with Gasteiger partial charge in [-0.1, -0.05) is 36.4 Å². The Morgan fingerprint density at radius 1 is 1.00 bits per heavy atom. The standard InChI is InChI=1S/C15H11F3O/c1-10(19)11-5-4-6-12(9-11)13-7-2-3-8-14(13)15(16,17)18/h2-9H,1H3. The third kappa shape index (κ3) is 2.84. The molecule has 0 spiro atoms. The van der Waals surface area contributed by atoms with E-state index in [1.165, 1.54) is 25.1 Å². The lowest BCUT2D eigenvalue weighted by Crippen LogP contribution is -2.07. The van der Waals surface area contributed by atoms with Crippen molar-refractivity contribution in [2.24, 2.45) is 0 Å². The average Bonchev–Trinajstić information content (AvgIpc) is 2.38. The Morgan fingerprint density at radius 3 is 2.32 bits per heavy atom. The van der Waals surface area contributed by atoms with E-state index in [-0.39, 0.29) is 11.3 Å². The summed E-state index contributed by atoms with van der Waals surface area (Å²) in [6.07, 6.45) is -4.41. The van der Waals surface area contributed by atoms with E-state index < -0.39 is 11.7 Å². The minimum absolute atomic E-state index is 0.0816. The fourth-order valence-electron chi connectivity index (χ4n) is 1.89. The molecule has 0 atom stereocenters. The van der Waals surface area contributed by atoms with E-state index in [2.05, 4.69) is 0 Å². The van der Waals surface area contributed by atoms with Gasteiger partial charge in [0.1, 0.15) is 0 Å². The first kappa shape index (κ1) is 13.3. The Kier molecular flexibility index (Phi) is 3.42. The highest BCUT2D eigenvalue weighted by Gasteiger charge is 2.33. The summed E-state index contributed by atoms with van der Waals surface area (Å²) in [5.74, 6) is -0.175. The van der Waals surface area contributed by atoms with Crippen LogP contribution in [0, 0.1) is 0 Å². The van der Waals surface area contributed by atoms with Crippen molar-refractivity contribution < 1.29 is 18.0 Å². The molecule has 2 rings (SSSR count). The first-order valence-corrected chi connectivity index (χ1v) is 5.67. The molecule has 0 saturated heterocycles. The summed E-state index contributed by atoms with van der Waals surface area (Å²) in [4.78, 5) is 11.3. The summed E-state index contributed by atoms with van der Waals surface area (Å²) in [5.41, 5.74) is 0.170. The fourth-order valence-corrected chi connectivity index (χ4v) is 1.89. The van der Waals surface area contributed by atoms with Crippen molar-refractivity contribution in [1.82, 2.24) is 0 Å². The van der Waals surface area contributed by atoms with Gasteiger partial charge in [0.05, 0.1) is 5.56 Å². The number of alkyl halides is 3. The maximum absolute atomic E-state index is 12.9. The zero-order valence-electron chi connectivity index (χ0n) is 10.2. The molecule has 0 bridgehead atoms. The van der Waals surface area contributed by atoms with E-state index in [0.717, 1.165) is 6.07 Å². The van der Waals surface area contributed by atoms with E-state index in [0.29, 0.717) is 11.1 Å². The van der Waals surface area contributed by atoms with E-state index in [4.69, 9.17) is 0 Å². The molecule has 19 heavy (non-hydrogen) atoms. The van der Waals surface area contributed by atoms with Gasteiger partial charge in [-0.15, -0.1) is 0 Å². The molecule has 4 heteroatoms. The van der Waals surface area contributed by atoms with E-state index in [1.54, 1.807) is 24.3 Å². The topological polar surface area (TPSA) is 17.1 Å². The molecule has 0 radical (unpaired) electrons. The van der Waals surface area contributed by atoms with Crippen LogP contribution in [0.5, 0.6) is 0 Å². The van der Waals surface area contributed by atoms with Crippen LogP contribution in [0.4, 0.5) is 13.2 Å². The zero-order chi connectivity index (χ0) is 14.0. The smallest absolute Gasteiger partial charge is 0.295 e. The molecule has 0 aliphatic heterocycles. The van der Waals surface area contributed by atoms with Crippen LogP contribution in [0.3, 0.4) is 0 Å². The lowest BCUT2D eigenvalue weighted by Gasteiger charge is -2.13. The second-order valence-electron chi connectivity index (χ2n) is 4.18. The van der Waals surface area contributed by atoms with Gasteiger partial charge in [-0.2, -0.15) is 13.2 Å². The Bertz CT molecular complexity index is 615. The van der Waals surface area contributed by atoms with Gasteiger partial charge in [0.25, 0.3) is 0 Å². The first-order chi connectivity index (χ1) is 8.89. The zero-order valence-corrected chi connectivity index (χ0v) is 10.2. The minimum Gasteiger partial charge on any atom is -0.295 e. The predicted molar refractivity (Wildman–Crippen MR) is 66.9 cm³/mol. The molecular weight excluding hydrogens is 253 g/mol. The number of carbonyl (C=O) groups excluding carboxylic acids is 1. The third-order valence-corrected chi connectivity index (χ3v) is 2.81. The Morgan fingerprint density at radius 2 is 1.68 bits per heavy atom. The first-order valence-electron chi connectivity index (χ1n) is 5.67. The molecule has 0 aromatic heterocycles. The van der Waals surface area contributed by atoms with Crippen molar-refractivity contribution in [3.05, 3.63) is 59.7 Å². The normalized spacial score (nSPS) is 11.4. The number of carbonyl (C=O) groups is 1. The molecule has 0 amide bonds. The number of hydrogen-bond donors (Lipinski definition) is 0. The van der Waals surface area contributed by atoms with Crippen molar-refractivity contribution in [2.45, 2.75) is 13.1 Å². The maximum Gasteiger partial charge on any atom is 0.417 e. The molecule has 0 fully saturated rings. The Balaban J connectivity index is 2.60. The fraction of sp³-hybridized carbons (Fsp3) is 0.133. The molecule has 0 N–H and O–H groups in total. The Labute approximate surface area is 108 Å². The van der Waals surface area contributed by atoms with Crippen molar-refractivity contribution in [1.29, 1.82) is 0 Å². The number of Topliss-reactive ketones (excluding diaryl/α,β-unsaturated/α-hetero) is 1. The maximum atomic E-state index is 12.9. The van der Waals surface area contributed by atoms with Gasteiger partial charge in [0, 0.05) is 5.56 Å². The van der Waals surface area contributed by atoms with Crippen LogP contribution in [0.25, 0.3) is 11.1 Å². The highest BCUT2D eigenvalue weighted by Crippen LogP contribution is 2.36. The molecule has 98 valence electrons. The third-order valence-electron chi connectivity index (χ3n) is 2.81. The molecule has 2 aromatic carbocycles. The van der Waals surface area contributed by atoms with Gasteiger partial charge >= 0.3 is 6.18 Å². The number of rotatable bonds is 2. The van der Waals surface area contributed by atoms with Crippen molar-refractivity contribution in [3.63, 3.8) is 0 Å². The molecule has 0 unspecified atom stereocenters. The number of halogens is 3. The highest BCUT2D eigenvalue weighted by molar-refractivity contribution is 5.95. The van der Waals surface area contributed by atoms with Crippen LogP contribution < -0.4 is 0 Å². The lowest BCUT2D eigenvalue weighted by molar-refractivity contribution is -0.137. The van der Waals surface area contributed by atoms with Crippen molar-refractivity contribution in [3.8, 4) is 11.1 Å². The largest absolute Gasteiger partial charge is 0.417 e. The molecule has 1 nitrogen and oxygen atoms in total. The van der Waals surface area contributed by atoms with Gasteiger partial charge < -0.3 is 0 Å². The second kappa shape index (κ2) is 4.88. The summed E-state index contributed by atoms with van der Waals surface area (Å²) in [5, 5.41) is 0. The predicted octanol–water partition coefficient (Wildman–Crippen LogP) is 4.58. The monoisotopic (exact) mass is 264 g/mol. The second-order valence-corrected chi connectivity index (χ2v) is 4.18. The average molecular weight is 264 g/mol. The van der Waals surface area contributed by atoms with E-state index >= 15 is 0 Å². The highest BCUT2D eigenvalue weighted by atomic mass is 19.4. The molecule has 0 aliphatic rings. The molecule has 0 aliphatic carbocycles. The number of ketones is 1. The van der Waals surface area contributed by atoms with Crippen LogP contribution in [-0.4, -0.2) is 5.78 Å². The van der Waals surface area contributed by atoms with Gasteiger partial charge in [-0.05, 0) is 30.2 Å². The SMILES string of the molecule is CC(=O)c1cccc(-c2ccccc2C(F)(F)F)c1. The van der Waals surface area contributed by atoms with E-state index in [1.807, 2.05) is 0 Å². The van der Waals surface area contributed by atoms with Gasteiger partial charge in [-0.25, -0.2) is 0 Å². The minimum atomic E-state index is -4.41. The van der Waals surface area contributed by atoms with Crippen LogP contribution in [-0.2, 0) is 6.18 Å². The lowest BCUT2D eigenvalue weighted by atomic mass is 9.97. The summed E-state index contributed by atoms with van der Waals surface area (Å²) < 4.78 is 38.8. The van der Waals surface area contributed by atoms with Crippen LogP contribution in [0.1, 0.15) is 22.8 Å². The van der Waals surface area contributed by atoms with E-state index in [9.17, 15) is 18.0 Å². The van der Waals surface area contributed by atoms with Crippen LogP contribution in [0.2, 0.25) is 0 Å². The summed E-state index contributed by atoms with van der Waals surface area (Å²) in [7, 11) is 0. The Hall–Kier alpha value is -2.10. The van der Waals surface area contributed by atoms with Crippen LogP contribution in [0.15, 0.2) is 48.5 Å². The summed E-state index contributed by atoms with van der Waals surface area (Å²) >= 11 is 0. The summed E-state index contributed by atoms with van der Waals surface area (Å²) in [6.45, 7) is 1.38. The van der Waals surface area contributed by atoms with Gasteiger partial charge in [0.2, 0.25) is 0 Å². The quantitative estimate of drug-likeness (QED) is 0.726. The van der Waals surface area contributed by atoms with Gasteiger partial charge in [0.15, 0.2) is 5.78 Å². The van der Waals surface area contributed by atoms with Crippen molar-refractivity contribution >= 4 is 5.78 Å². The van der Waals surface area contributed by atoms with Crippen LogP contribution >= 0.6 is 0 Å². The summed E-state index contributed by atoms with van der Waals surface area (Å²) in [6, 6.07) is 11.6. The molecule has 0 saturated carbocycles. The molecular formula is C15H11F3O. The molecule has 2 aromatic rings. The number of benzene rings is 2. The van der Waals surface area contributed by atoms with Crippen molar-refractivity contribution in [2.75, 3.05) is 0 Å². The molecule has 0 heterocycles. The number of hydrogen-bond acceptors (Lipinski definition) is 1. The van der Waals surface area contributed by atoms with Gasteiger partial charge in [-0.3, -0.25) is 4.79 Å².